The van der Waals surface area contributed by atoms with E-state index in [0.717, 1.165) is 20.6 Å². The van der Waals surface area contributed by atoms with Gasteiger partial charge in [0, 0.05) is 33.6 Å². The first-order valence-corrected chi connectivity index (χ1v) is 20.3. The molecule has 1 atom stereocenters. The number of aromatic amines is 1. The topological polar surface area (TPSA) is 193 Å². The van der Waals surface area contributed by atoms with Gasteiger partial charge in [0.15, 0.2) is 11.6 Å². The summed E-state index contributed by atoms with van der Waals surface area (Å²) < 4.78 is 51.5. The number of pyridine rings is 2. The zero-order chi connectivity index (χ0) is 42.1. The number of amides is 2. The lowest BCUT2D eigenvalue weighted by Gasteiger charge is -2.25. The summed E-state index contributed by atoms with van der Waals surface area (Å²) in [7, 11) is -4.04. The Morgan fingerprint density at radius 2 is 1.63 bits per heavy atom. The molecule has 0 saturated carbocycles. The Hall–Kier alpha value is -6.68. The van der Waals surface area contributed by atoms with Gasteiger partial charge in [-0.1, -0.05) is 36.4 Å². The minimum atomic E-state index is -4.04. The second-order valence-corrected chi connectivity index (χ2v) is 17.7. The van der Waals surface area contributed by atoms with Crippen LogP contribution in [0.25, 0.3) is 44.3 Å². The minimum absolute atomic E-state index is 0.0290. The van der Waals surface area contributed by atoms with E-state index in [0.29, 0.717) is 40.0 Å². The van der Waals surface area contributed by atoms with E-state index in [4.69, 9.17) is 28.6 Å². The van der Waals surface area contributed by atoms with Gasteiger partial charge in [-0.25, -0.2) is 14.6 Å². The normalized spacial score (nSPS) is 12.7. The third-order valence-electron chi connectivity index (χ3n) is 8.97. The van der Waals surface area contributed by atoms with Gasteiger partial charge in [0.2, 0.25) is 0 Å². The molecule has 306 valence electrons. The summed E-state index contributed by atoms with van der Waals surface area (Å²) >= 11 is 0. The van der Waals surface area contributed by atoms with E-state index >= 15 is 0 Å². The monoisotopic (exact) mass is 819 g/mol. The van der Waals surface area contributed by atoms with Crippen molar-refractivity contribution in [2.75, 3.05) is 11.9 Å². The molecule has 0 radical (unpaired) electrons. The number of aryl methyl sites for hydroxylation is 1. The smallest absolute Gasteiger partial charge is 0.413 e. The molecular weight excluding hydrogens is 775 g/mol. The number of hydrogen-bond acceptors (Lipinski definition) is 11. The standard InChI is InChI=1S/C43H45N7O8S/c1-26-32-20-35(45-23-36(32)50(49-26)59(53,54)30-13-9-8-10-14-30)33-21-37(39(48-41(52)58-43(5,6)7)47-38(33)27-17-18-55-24-27)56-25-29(46-40(51)57-42(2,3)4)19-28-22-44-34-16-12-11-15-31(28)34/h8-18,20-24,29,44H,19,25H2,1-7H3,(H,46,51)(H,47,48,52). The predicted octanol–water partition coefficient (Wildman–Crippen LogP) is 8.64. The third-order valence-corrected chi connectivity index (χ3v) is 10.6. The minimum Gasteiger partial charge on any atom is -0.488 e. The molecular formula is C43H45N7O8S. The zero-order valence-corrected chi connectivity index (χ0v) is 34.5. The van der Waals surface area contributed by atoms with Crippen molar-refractivity contribution in [2.45, 2.75) is 77.0 Å². The van der Waals surface area contributed by atoms with E-state index in [1.54, 1.807) is 84.9 Å². The van der Waals surface area contributed by atoms with Gasteiger partial charge in [0.25, 0.3) is 10.0 Å². The van der Waals surface area contributed by atoms with Crippen LogP contribution in [0.5, 0.6) is 5.75 Å². The molecule has 2 amide bonds. The van der Waals surface area contributed by atoms with E-state index in [-0.39, 0.29) is 28.6 Å². The van der Waals surface area contributed by atoms with Gasteiger partial charge < -0.3 is 28.9 Å². The van der Waals surface area contributed by atoms with Crippen LogP contribution in [0.2, 0.25) is 0 Å². The van der Waals surface area contributed by atoms with Crippen LogP contribution in [0, 0.1) is 6.92 Å². The van der Waals surface area contributed by atoms with Gasteiger partial charge in [0.05, 0.1) is 46.7 Å². The Morgan fingerprint density at radius 3 is 2.34 bits per heavy atom. The predicted molar refractivity (Wildman–Crippen MR) is 223 cm³/mol. The number of carbonyl (C=O) groups excluding carboxylic acids is 2. The van der Waals surface area contributed by atoms with Crippen LogP contribution in [0.1, 0.15) is 52.8 Å². The highest BCUT2D eigenvalue weighted by Gasteiger charge is 2.27. The van der Waals surface area contributed by atoms with Gasteiger partial charge >= 0.3 is 12.2 Å². The molecule has 59 heavy (non-hydrogen) atoms. The van der Waals surface area contributed by atoms with Gasteiger partial charge in [-0.15, -0.1) is 0 Å². The molecule has 16 heteroatoms. The van der Waals surface area contributed by atoms with E-state index in [2.05, 4.69) is 20.7 Å². The Balaban J connectivity index is 1.32. The number of nitrogens with one attached hydrogen (secondary N) is 3. The largest absolute Gasteiger partial charge is 0.488 e. The van der Waals surface area contributed by atoms with Crippen molar-refractivity contribution < 1.29 is 36.6 Å². The van der Waals surface area contributed by atoms with Gasteiger partial charge in [-0.2, -0.15) is 17.6 Å². The lowest BCUT2D eigenvalue weighted by atomic mass is 10.0. The maximum atomic E-state index is 13.7. The second-order valence-electron chi connectivity index (χ2n) is 15.9. The number of rotatable bonds is 11. The summed E-state index contributed by atoms with van der Waals surface area (Å²) in [5.41, 5.74) is 2.82. The molecule has 0 aliphatic rings. The molecule has 3 N–H and O–H groups in total. The van der Waals surface area contributed by atoms with Crippen molar-refractivity contribution in [3.8, 4) is 28.3 Å². The molecule has 0 spiro atoms. The Morgan fingerprint density at radius 1 is 0.915 bits per heavy atom. The van der Waals surface area contributed by atoms with Gasteiger partial charge in [-0.3, -0.25) is 10.3 Å². The Bertz CT molecular complexity index is 2750. The van der Waals surface area contributed by atoms with Gasteiger partial charge in [-0.05, 0) is 96.8 Å². The molecule has 7 rings (SSSR count). The molecule has 1 unspecified atom stereocenters. The molecule has 5 aromatic heterocycles. The summed E-state index contributed by atoms with van der Waals surface area (Å²) in [5, 5.41) is 11.6. The molecule has 0 bridgehead atoms. The average Bonchev–Trinajstić information content (AvgIpc) is 3.93. The van der Waals surface area contributed by atoms with Crippen LogP contribution in [-0.4, -0.2) is 68.6 Å². The number of H-pyrrole nitrogens is 1. The Labute approximate surface area is 341 Å². The fraction of sp³-hybridized carbons (Fsp3) is 0.279. The van der Waals surface area contributed by atoms with E-state index in [9.17, 15) is 18.0 Å². The number of para-hydroxylation sites is 1. The summed E-state index contributed by atoms with van der Waals surface area (Å²) in [5.74, 6) is 0.162. The third kappa shape index (κ3) is 9.23. The number of hydrogen-bond donors (Lipinski definition) is 3. The fourth-order valence-electron chi connectivity index (χ4n) is 6.45. The molecule has 0 aliphatic heterocycles. The number of ether oxygens (including phenoxy) is 3. The summed E-state index contributed by atoms with van der Waals surface area (Å²) in [6, 6.07) is 20.4. The molecule has 7 aromatic rings. The number of furan rings is 1. The number of fused-ring (bicyclic) bond motifs is 2. The highest BCUT2D eigenvalue weighted by atomic mass is 32.2. The molecule has 2 aromatic carbocycles. The van der Waals surface area contributed by atoms with E-state index < -0.39 is 39.5 Å². The number of nitrogens with zero attached hydrogens (tertiary/aromatic N) is 4. The van der Waals surface area contributed by atoms with Crippen LogP contribution in [0.15, 0.2) is 107 Å². The fourth-order valence-corrected chi connectivity index (χ4v) is 7.78. The molecule has 0 fully saturated rings. The van der Waals surface area contributed by atoms with Crippen molar-refractivity contribution in [1.82, 2.24) is 29.5 Å². The lowest BCUT2D eigenvalue weighted by Crippen LogP contribution is -2.43. The number of benzene rings is 2. The Kier molecular flexibility index (Phi) is 10.9. The lowest BCUT2D eigenvalue weighted by molar-refractivity contribution is 0.0487. The van der Waals surface area contributed by atoms with Crippen LogP contribution in [0.3, 0.4) is 0 Å². The van der Waals surface area contributed by atoms with Crippen LogP contribution >= 0.6 is 0 Å². The van der Waals surface area contributed by atoms with Crippen LogP contribution < -0.4 is 15.4 Å². The summed E-state index contributed by atoms with van der Waals surface area (Å²) in [6.07, 6.45) is 5.28. The first-order chi connectivity index (χ1) is 27.9. The first kappa shape index (κ1) is 40.5. The molecule has 15 nitrogen and oxygen atoms in total. The van der Waals surface area contributed by atoms with E-state index in [1.165, 1.54) is 30.9 Å². The van der Waals surface area contributed by atoms with Crippen molar-refractivity contribution >= 4 is 49.8 Å². The highest BCUT2D eigenvalue weighted by Crippen LogP contribution is 2.38. The van der Waals surface area contributed by atoms with Crippen LogP contribution in [0.4, 0.5) is 15.4 Å². The quantitative estimate of drug-likeness (QED) is 0.113. The highest BCUT2D eigenvalue weighted by molar-refractivity contribution is 7.90. The van der Waals surface area contributed by atoms with Crippen molar-refractivity contribution in [3.63, 3.8) is 0 Å². The first-order valence-electron chi connectivity index (χ1n) is 18.9. The SMILES string of the molecule is Cc1nn(S(=O)(=O)c2ccccc2)c2cnc(-c3cc(OCC(Cc4c[nH]c5ccccc45)NC(=O)OC(C)(C)C)c(NC(=O)OC(C)(C)C)nc3-c3ccoc3)cc12. The number of anilines is 1. The zero-order valence-electron chi connectivity index (χ0n) is 33.7. The van der Waals surface area contributed by atoms with Crippen molar-refractivity contribution in [3.05, 3.63) is 109 Å². The second kappa shape index (κ2) is 15.9. The number of aromatic nitrogens is 5. The number of carbonyl (C=O) groups is 2. The van der Waals surface area contributed by atoms with E-state index in [1.807, 2.05) is 30.5 Å². The van der Waals surface area contributed by atoms with Crippen LogP contribution in [-0.2, 0) is 25.9 Å². The maximum absolute atomic E-state index is 13.7. The summed E-state index contributed by atoms with van der Waals surface area (Å²) in [4.78, 5) is 39.4. The molecule has 0 aliphatic carbocycles. The molecule has 0 saturated heterocycles. The maximum Gasteiger partial charge on any atom is 0.413 e. The average molecular weight is 820 g/mol. The molecule has 5 heterocycles. The summed E-state index contributed by atoms with van der Waals surface area (Å²) in [6.45, 7) is 12.2. The van der Waals surface area contributed by atoms with Crippen molar-refractivity contribution in [1.29, 1.82) is 0 Å². The number of alkyl carbamates (subject to hydrolysis) is 1. The van der Waals surface area contributed by atoms with Gasteiger partial charge in [0.1, 0.15) is 23.3 Å². The van der Waals surface area contributed by atoms with Crippen molar-refractivity contribution in [2.24, 2.45) is 0 Å².